The van der Waals surface area contributed by atoms with Crippen LogP contribution in [0.4, 0.5) is 11.8 Å². The van der Waals surface area contributed by atoms with E-state index >= 15 is 0 Å². The minimum atomic E-state index is -3.08. The molecule has 0 aromatic carbocycles. The molecule has 0 bridgehead atoms. The molecule has 7 heteroatoms. The second-order valence-electron chi connectivity index (χ2n) is 2.92. The van der Waals surface area contributed by atoms with Crippen molar-refractivity contribution in [3.05, 3.63) is 11.3 Å². The van der Waals surface area contributed by atoms with Gasteiger partial charge in [-0.25, -0.2) is 13.4 Å². The van der Waals surface area contributed by atoms with Crippen LogP contribution >= 0.6 is 0 Å². The molecule has 2 rings (SSSR count). The fourth-order valence-electron chi connectivity index (χ4n) is 1.33. The lowest BCUT2D eigenvalue weighted by molar-refractivity contribution is 0.598. The summed E-state index contributed by atoms with van der Waals surface area (Å²) in [6.07, 6.45) is 0. The highest BCUT2D eigenvalue weighted by molar-refractivity contribution is 7.90. The van der Waals surface area contributed by atoms with Crippen molar-refractivity contribution in [3.8, 4) is 0 Å². The van der Waals surface area contributed by atoms with Crippen LogP contribution in [0.3, 0.4) is 0 Å². The van der Waals surface area contributed by atoms with Crippen LogP contribution in [0.1, 0.15) is 11.3 Å². The first kappa shape index (κ1) is 8.24. The summed E-state index contributed by atoms with van der Waals surface area (Å²) in [6, 6.07) is 0. The van der Waals surface area contributed by atoms with E-state index < -0.39 is 9.84 Å². The highest BCUT2D eigenvalue weighted by Gasteiger charge is 2.28. The van der Waals surface area contributed by atoms with Crippen molar-refractivity contribution in [2.24, 2.45) is 0 Å². The van der Waals surface area contributed by atoms with Crippen molar-refractivity contribution in [1.82, 2.24) is 9.97 Å². The van der Waals surface area contributed by atoms with Gasteiger partial charge in [0.1, 0.15) is 5.82 Å². The van der Waals surface area contributed by atoms with Gasteiger partial charge in [-0.2, -0.15) is 4.98 Å². The molecule has 0 aliphatic carbocycles. The normalized spacial score (nSPS) is 18.5. The second kappa shape index (κ2) is 2.32. The van der Waals surface area contributed by atoms with E-state index in [0.717, 1.165) is 0 Å². The summed E-state index contributed by atoms with van der Waals surface area (Å²) in [5, 5.41) is 0. The number of fused-ring (bicyclic) bond motifs is 1. The van der Waals surface area contributed by atoms with Crippen LogP contribution in [-0.2, 0) is 21.3 Å². The third-order valence-electron chi connectivity index (χ3n) is 1.86. The van der Waals surface area contributed by atoms with E-state index in [1.54, 1.807) is 0 Å². The van der Waals surface area contributed by atoms with E-state index in [1.807, 2.05) is 0 Å². The zero-order valence-corrected chi connectivity index (χ0v) is 7.50. The Morgan fingerprint density at radius 1 is 1.15 bits per heavy atom. The van der Waals surface area contributed by atoms with Gasteiger partial charge < -0.3 is 11.5 Å². The molecule has 1 aliphatic rings. The van der Waals surface area contributed by atoms with Gasteiger partial charge in [-0.15, -0.1) is 0 Å². The molecule has 0 atom stereocenters. The molecule has 70 valence electrons. The third kappa shape index (κ3) is 1.31. The van der Waals surface area contributed by atoms with E-state index in [9.17, 15) is 8.42 Å². The van der Waals surface area contributed by atoms with Gasteiger partial charge in [0.25, 0.3) is 0 Å². The Bertz CT molecular complexity index is 468. The van der Waals surface area contributed by atoms with Gasteiger partial charge in [-0.3, -0.25) is 0 Å². The SMILES string of the molecule is Nc1nc(N)c2c(n1)CS(=O)(=O)C2. The summed E-state index contributed by atoms with van der Waals surface area (Å²) >= 11 is 0. The van der Waals surface area contributed by atoms with Crippen LogP contribution in [0.2, 0.25) is 0 Å². The maximum Gasteiger partial charge on any atom is 0.222 e. The Morgan fingerprint density at radius 2 is 1.85 bits per heavy atom. The molecule has 1 aromatic rings. The van der Waals surface area contributed by atoms with Crippen LogP contribution in [0, 0.1) is 0 Å². The van der Waals surface area contributed by atoms with E-state index in [-0.39, 0.29) is 23.3 Å². The molecular weight excluding hydrogens is 192 g/mol. The smallest absolute Gasteiger partial charge is 0.222 e. The number of hydrogen-bond acceptors (Lipinski definition) is 6. The molecule has 0 fully saturated rings. The van der Waals surface area contributed by atoms with Crippen molar-refractivity contribution in [3.63, 3.8) is 0 Å². The predicted octanol–water partition coefficient (Wildman–Crippen LogP) is -0.931. The molecule has 13 heavy (non-hydrogen) atoms. The lowest BCUT2D eigenvalue weighted by Gasteiger charge is -2.00. The Labute approximate surface area is 74.9 Å². The van der Waals surface area contributed by atoms with Crippen LogP contribution < -0.4 is 11.5 Å². The second-order valence-corrected chi connectivity index (χ2v) is 4.99. The summed E-state index contributed by atoms with van der Waals surface area (Å²) in [4.78, 5) is 7.51. The summed E-state index contributed by atoms with van der Waals surface area (Å²) in [5.41, 5.74) is 11.8. The number of nitrogen functional groups attached to an aromatic ring is 2. The molecule has 0 unspecified atom stereocenters. The number of rotatable bonds is 0. The molecule has 0 spiro atoms. The molecular formula is C6H8N4O2S. The monoisotopic (exact) mass is 200 g/mol. The van der Waals surface area contributed by atoms with Crippen molar-refractivity contribution in [2.75, 3.05) is 11.5 Å². The van der Waals surface area contributed by atoms with Crippen LogP contribution in [0.25, 0.3) is 0 Å². The van der Waals surface area contributed by atoms with Gasteiger partial charge in [0.2, 0.25) is 5.95 Å². The molecule has 1 aromatic heterocycles. The summed E-state index contributed by atoms with van der Waals surface area (Å²) < 4.78 is 22.4. The number of anilines is 2. The third-order valence-corrected chi connectivity index (χ3v) is 3.30. The van der Waals surface area contributed by atoms with Gasteiger partial charge in [-0.1, -0.05) is 0 Å². The van der Waals surface area contributed by atoms with Crippen molar-refractivity contribution < 1.29 is 8.42 Å². The largest absolute Gasteiger partial charge is 0.383 e. The number of nitrogens with zero attached hydrogens (tertiary/aromatic N) is 2. The first-order valence-corrected chi connectivity index (χ1v) is 5.41. The Morgan fingerprint density at radius 3 is 2.54 bits per heavy atom. The van der Waals surface area contributed by atoms with Crippen LogP contribution in [-0.4, -0.2) is 18.4 Å². The molecule has 4 N–H and O–H groups in total. The first-order valence-electron chi connectivity index (χ1n) is 3.59. The van der Waals surface area contributed by atoms with Gasteiger partial charge in [-0.05, 0) is 0 Å². The van der Waals surface area contributed by atoms with E-state index in [0.29, 0.717) is 11.3 Å². The zero-order valence-electron chi connectivity index (χ0n) is 6.69. The van der Waals surface area contributed by atoms with E-state index in [4.69, 9.17) is 11.5 Å². The summed E-state index contributed by atoms with van der Waals surface area (Å²) in [7, 11) is -3.08. The molecule has 1 aliphatic heterocycles. The van der Waals surface area contributed by atoms with Crippen LogP contribution in [0.5, 0.6) is 0 Å². The van der Waals surface area contributed by atoms with Crippen molar-refractivity contribution >= 4 is 21.6 Å². The number of hydrogen-bond donors (Lipinski definition) is 2. The average molecular weight is 200 g/mol. The fourth-order valence-corrected chi connectivity index (χ4v) is 2.84. The Kier molecular flexibility index (Phi) is 1.47. The summed E-state index contributed by atoms with van der Waals surface area (Å²) in [5.74, 6) is 0.0326. The first-order chi connectivity index (χ1) is 5.98. The van der Waals surface area contributed by atoms with Crippen molar-refractivity contribution in [1.29, 1.82) is 0 Å². The van der Waals surface area contributed by atoms with E-state index in [2.05, 4.69) is 9.97 Å². The molecule has 0 saturated heterocycles. The molecule has 0 amide bonds. The maximum atomic E-state index is 11.2. The minimum Gasteiger partial charge on any atom is -0.383 e. The van der Waals surface area contributed by atoms with Gasteiger partial charge >= 0.3 is 0 Å². The average Bonchev–Trinajstić information content (AvgIpc) is 2.23. The quantitative estimate of drug-likeness (QED) is 0.559. The van der Waals surface area contributed by atoms with Crippen LogP contribution in [0.15, 0.2) is 0 Å². The lowest BCUT2D eigenvalue weighted by Crippen LogP contribution is -2.04. The highest BCUT2D eigenvalue weighted by atomic mass is 32.2. The minimum absolute atomic E-state index is 0.0216. The Hall–Kier alpha value is -1.37. The van der Waals surface area contributed by atoms with Gasteiger partial charge in [0.15, 0.2) is 9.84 Å². The molecule has 0 radical (unpaired) electrons. The maximum absolute atomic E-state index is 11.2. The van der Waals surface area contributed by atoms with E-state index in [1.165, 1.54) is 0 Å². The van der Waals surface area contributed by atoms with Crippen molar-refractivity contribution in [2.45, 2.75) is 11.5 Å². The molecule has 0 saturated carbocycles. The topological polar surface area (TPSA) is 112 Å². The van der Waals surface area contributed by atoms with Gasteiger partial charge in [0, 0.05) is 5.56 Å². The predicted molar refractivity (Wildman–Crippen MR) is 47.2 cm³/mol. The number of aromatic nitrogens is 2. The number of sulfone groups is 1. The molecule has 2 heterocycles. The lowest BCUT2D eigenvalue weighted by atomic mass is 10.2. The zero-order chi connectivity index (χ0) is 9.64. The highest BCUT2D eigenvalue weighted by Crippen LogP contribution is 2.27. The summed E-state index contributed by atoms with van der Waals surface area (Å²) in [6.45, 7) is 0. The van der Waals surface area contributed by atoms with Gasteiger partial charge in [0.05, 0.1) is 17.2 Å². The fraction of sp³-hybridized carbons (Fsp3) is 0.333. The molecule has 6 nitrogen and oxygen atoms in total. The number of nitrogens with two attached hydrogens (primary N) is 2. The Balaban J connectivity index is 2.64. The standard InChI is InChI=1S/C6H8N4O2S/c7-5-3-1-13(11,12)2-4(3)9-6(8)10-5/h1-2H2,(H4,7,8,9,10).